The molecule has 0 aromatic heterocycles. The van der Waals surface area contributed by atoms with E-state index in [9.17, 15) is 9.18 Å². The maximum atomic E-state index is 12.9. The van der Waals surface area contributed by atoms with Crippen LogP contribution in [0.25, 0.3) is 0 Å². The van der Waals surface area contributed by atoms with Crippen LogP contribution in [-0.2, 0) is 0 Å². The van der Waals surface area contributed by atoms with Gasteiger partial charge in [-0.3, -0.25) is 0 Å². The Bertz CT molecular complexity index is 443. The van der Waals surface area contributed by atoms with Crippen LogP contribution in [0.1, 0.15) is 26.2 Å². The van der Waals surface area contributed by atoms with Gasteiger partial charge in [-0.15, -0.1) is 0 Å². The number of amides is 2. The number of carbonyl (C=O) groups excluding carboxylic acids is 1. The van der Waals surface area contributed by atoms with Gasteiger partial charge >= 0.3 is 6.03 Å². The van der Waals surface area contributed by atoms with Crippen molar-refractivity contribution >= 4 is 11.7 Å². The smallest absolute Gasteiger partial charge is 0.321 e. The number of hydrogen-bond acceptors (Lipinski definition) is 2. The van der Waals surface area contributed by atoms with Crippen LogP contribution in [0.2, 0.25) is 0 Å². The number of rotatable bonds is 5. The first-order chi connectivity index (χ1) is 10.2. The molecule has 2 rings (SSSR count). The van der Waals surface area contributed by atoms with Crippen LogP contribution in [0.4, 0.5) is 14.9 Å². The summed E-state index contributed by atoms with van der Waals surface area (Å²) in [6.45, 7) is 5.68. The van der Waals surface area contributed by atoms with E-state index in [1.165, 1.54) is 12.1 Å². The van der Waals surface area contributed by atoms with Gasteiger partial charge in [0, 0.05) is 18.8 Å². The third kappa shape index (κ3) is 5.01. The van der Waals surface area contributed by atoms with Crippen LogP contribution in [0.15, 0.2) is 24.3 Å². The molecule has 0 radical (unpaired) electrons. The van der Waals surface area contributed by atoms with E-state index < -0.39 is 0 Å². The summed E-state index contributed by atoms with van der Waals surface area (Å²) in [4.78, 5) is 14.2. The lowest BCUT2D eigenvalue weighted by Crippen LogP contribution is -2.41. The topological polar surface area (TPSA) is 44.4 Å². The van der Waals surface area contributed by atoms with E-state index in [0.29, 0.717) is 11.6 Å². The highest BCUT2D eigenvalue weighted by molar-refractivity contribution is 5.89. The number of nitrogens with zero attached hydrogens (tertiary/aromatic N) is 1. The van der Waals surface area contributed by atoms with Crippen LogP contribution in [-0.4, -0.2) is 37.1 Å². The number of urea groups is 1. The molecule has 1 heterocycles. The molecular weight excluding hydrogens is 269 g/mol. The minimum atomic E-state index is -0.298. The van der Waals surface area contributed by atoms with Crippen molar-refractivity contribution in [3.05, 3.63) is 30.1 Å². The summed E-state index contributed by atoms with van der Waals surface area (Å²) < 4.78 is 12.9. The molecular formula is C16H24FN3O. The van der Waals surface area contributed by atoms with Crippen LogP contribution in [0.5, 0.6) is 0 Å². The molecule has 1 fully saturated rings. The monoisotopic (exact) mass is 293 g/mol. The molecule has 0 unspecified atom stereocenters. The van der Waals surface area contributed by atoms with Crippen molar-refractivity contribution in [3.8, 4) is 0 Å². The third-order valence-electron chi connectivity index (χ3n) is 3.81. The number of carbonyl (C=O) groups is 1. The van der Waals surface area contributed by atoms with Crippen molar-refractivity contribution < 1.29 is 9.18 Å². The molecule has 5 heteroatoms. The fourth-order valence-corrected chi connectivity index (χ4v) is 2.66. The molecule has 4 nitrogen and oxygen atoms in total. The summed E-state index contributed by atoms with van der Waals surface area (Å²) in [6.07, 6.45) is 3.16. The summed E-state index contributed by atoms with van der Waals surface area (Å²) in [5.41, 5.74) is 0.632. The molecule has 116 valence electrons. The number of hydrogen-bond donors (Lipinski definition) is 2. The van der Waals surface area contributed by atoms with E-state index in [-0.39, 0.29) is 11.8 Å². The lowest BCUT2D eigenvalue weighted by Gasteiger charge is -2.30. The standard InChI is InChI=1S/C16H24FN3O/c1-2-11-20(12-13-7-9-18-10-8-13)16(21)19-15-5-3-14(17)4-6-15/h3-6,13,18H,2,7-12H2,1H3,(H,19,21). The summed E-state index contributed by atoms with van der Waals surface area (Å²) in [5, 5.41) is 6.19. The first-order valence-corrected chi connectivity index (χ1v) is 7.71. The second-order valence-electron chi connectivity index (χ2n) is 5.58. The van der Waals surface area contributed by atoms with Crippen molar-refractivity contribution in [2.24, 2.45) is 5.92 Å². The second kappa shape index (κ2) is 7.98. The first-order valence-electron chi connectivity index (χ1n) is 7.71. The molecule has 0 spiro atoms. The van der Waals surface area contributed by atoms with Gasteiger partial charge in [0.05, 0.1) is 0 Å². The highest BCUT2D eigenvalue weighted by atomic mass is 19.1. The van der Waals surface area contributed by atoms with Crippen molar-refractivity contribution in [1.82, 2.24) is 10.2 Å². The molecule has 0 bridgehead atoms. The van der Waals surface area contributed by atoms with Gasteiger partial charge in [0.15, 0.2) is 0 Å². The summed E-state index contributed by atoms with van der Waals surface area (Å²) in [6, 6.07) is 5.78. The van der Waals surface area contributed by atoms with Crippen LogP contribution >= 0.6 is 0 Å². The fourth-order valence-electron chi connectivity index (χ4n) is 2.66. The van der Waals surface area contributed by atoms with Gasteiger partial charge < -0.3 is 15.5 Å². The highest BCUT2D eigenvalue weighted by Crippen LogP contribution is 2.15. The molecule has 1 aromatic carbocycles. The molecule has 1 aromatic rings. The number of anilines is 1. The summed E-state index contributed by atoms with van der Waals surface area (Å²) in [5.74, 6) is 0.268. The molecule has 21 heavy (non-hydrogen) atoms. The van der Waals surface area contributed by atoms with Crippen molar-refractivity contribution in [3.63, 3.8) is 0 Å². The minimum absolute atomic E-state index is 0.0954. The summed E-state index contributed by atoms with van der Waals surface area (Å²) in [7, 11) is 0. The average molecular weight is 293 g/mol. The normalized spacial score (nSPS) is 15.7. The lowest BCUT2D eigenvalue weighted by atomic mass is 9.97. The fraction of sp³-hybridized carbons (Fsp3) is 0.562. The quantitative estimate of drug-likeness (QED) is 0.876. The molecule has 2 N–H and O–H groups in total. The van der Waals surface area contributed by atoms with Gasteiger partial charge in [-0.1, -0.05) is 6.92 Å². The highest BCUT2D eigenvalue weighted by Gasteiger charge is 2.20. The number of nitrogens with one attached hydrogen (secondary N) is 2. The molecule has 1 aliphatic rings. The minimum Gasteiger partial charge on any atom is -0.324 e. The Hall–Kier alpha value is -1.62. The number of benzene rings is 1. The predicted molar refractivity (Wildman–Crippen MR) is 82.9 cm³/mol. The Morgan fingerprint density at radius 1 is 1.33 bits per heavy atom. The Morgan fingerprint density at radius 3 is 2.62 bits per heavy atom. The molecule has 0 saturated carbocycles. The van der Waals surface area contributed by atoms with Gasteiger partial charge in [0.1, 0.15) is 5.82 Å². The molecule has 0 aliphatic carbocycles. The molecule has 0 atom stereocenters. The number of piperidine rings is 1. The summed E-state index contributed by atoms with van der Waals surface area (Å²) >= 11 is 0. The van der Waals surface area contributed by atoms with E-state index in [1.807, 2.05) is 4.90 Å². The van der Waals surface area contributed by atoms with Gasteiger partial charge in [0.2, 0.25) is 0 Å². The molecule has 2 amide bonds. The number of halogens is 1. The Labute approximate surface area is 125 Å². The Kier molecular flexibility index (Phi) is 5.99. The predicted octanol–water partition coefficient (Wildman–Crippen LogP) is 3.07. The molecule has 1 aliphatic heterocycles. The van der Waals surface area contributed by atoms with Gasteiger partial charge in [-0.05, 0) is 62.5 Å². The SMILES string of the molecule is CCCN(CC1CCNCC1)C(=O)Nc1ccc(F)cc1. The van der Waals surface area contributed by atoms with Crippen LogP contribution in [0, 0.1) is 11.7 Å². The van der Waals surface area contributed by atoms with Crippen molar-refractivity contribution in [2.45, 2.75) is 26.2 Å². The van der Waals surface area contributed by atoms with Crippen molar-refractivity contribution in [2.75, 3.05) is 31.5 Å². The second-order valence-corrected chi connectivity index (χ2v) is 5.58. The Balaban J connectivity index is 1.92. The Morgan fingerprint density at radius 2 is 2.00 bits per heavy atom. The third-order valence-corrected chi connectivity index (χ3v) is 3.81. The van der Waals surface area contributed by atoms with E-state index in [4.69, 9.17) is 0 Å². The molecule has 1 saturated heterocycles. The average Bonchev–Trinajstić information content (AvgIpc) is 2.50. The van der Waals surface area contributed by atoms with E-state index in [1.54, 1.807) is 12.1 Å². The lowest BCUT2D eigenvalue weighted by molar-refractivity contribution is 0.192. The largest absolute Gasteiger partial charge is 0.324 e. The zero-order chi connectivity index (χ0) is 15.1. The first kappa shape index (κ1) is 15.8. The van der Waals surface area contributed by atoms with Crippen LogP contribution in [0.3, 0.4) is 0 Å². The zero-order valence-electron chi connectivity index (χ0n) is 12.6. The van der Waals surface area contributed by atoms with Gasteiger partial charge in [-0.2, -0.15) is 0 Å². The van der Waals surface area contributed by atoms with E-state index >= 15 is 0 Å². The maximum Gasteiger partial charge on any atom is 0.321 e. The van der Waals surface area contributed by atoms with E-state index in [2.05, 4.69) is 17.6 Å². The van der Waals surface area contributed by atoms with Crippen molar-refractivity contribution in [1.29, 1.82) is 0 Å². The van der Waals surface area contributed by atoms with Gasteiger partial charge in [-0.25, -0.2) is 9.18 Å². The maximum absolute atomic E-state index is 12.9. The zero-order valence-corrected chi connectivity index (χ0v) is 12.6. The van der Waals surface area contributed by atoms with Gasteiger partial charge in [0.25, 0.3) is 0 Å². The van der Waals surface area contributed by atoms with E-state index in [0.717, 1.165) is 45.4 Å². The van der Waals surface area contributed by atoms with Crippen LogP contribution < -0.4 is 10.6 Å².